The Kier molecular flexibility index (Phi) is 3.72. The Morgan fingerprint density at radius 1 is 1.38 bits per heavy atom. The molecule has 8 nitrogen and oxygen atoms in total. The summed E-state index contributed by atoms with van der Waals surface area (Å²) in [7, 11) is 0. The molecule has 8 heteroatoms. The van der Waals surface area contributed by atoms with Crippen LogP contribution in [0.2, 0.25) is 0 Å². The average Bonchev–Trinajstić information content (AvgIpc) is 3.05. The lowest BCUT2D eigenvalue weighted by molar-refractivity contribution is -0.132. The topological polar surface area (TPSA) is 98.5 Å². The van der Waals surface area contributed by atoms with E-state index >= 15 is 0 Å². The number of hydrogen-bond acceptors (Lipinski definition) is 6. The number of rotatable bonds is 4. The number of hydrogen-bond donors (Lipinski definition) is 2. The number of carbonyl (C=O) groups is 1. The molecule has 0 bridgehead atoms. The maximum absolute atomic E-state index is 12.3. The lowest BCUT2D eigenvalue weighted by Gasteiger charge is -2.36. The highest BCUT2D eigenvalue weighted by Gasteiger charge is 2.34. The van der Waals surface area contributed by atoms with Crippen molar-refractivity contribution < 1.29 is 19.4 Å². The Bertz CT molecular complexity index is 728. The lowest BCUT2D eigenvalue weighted by Crippen LogP contribution is -2.52. The van der Waals surface area contributed by atoms with Crippen LogP contribution in [0.3, 0.4) is 0 Å². The average molecular weight is 330 g/mol. The maximum Gasteiger partial charge on any atom is 0.264 e. The van der Waals surface area contributed by atoms with Crippen LogP contribution in [0, 0.1) is 5.92 Å². The van der Waals surface area contributed by atoms with E-state index in [4.69, 9.17) is 9.47 Å². The molecule has 0 spiro atoms. The summed E-state index contributed by atoms with van der Waals surface area (Å²) in [5.41, 5.74) is 0. The molecule has 0 saturated heterocycles. The second-order valence-corrected chi connectivity index (χ2v) is 6.22. The van der Waals surface area contributed by atoms with Crippen molar-refractivity contribution in [3.8, 4) is 17.2 Å². The zero-order valence-corrected chi connectivity index (χ0v) is 13.0. The van der Waals surface area contributed by atoms with Gasteiger partial charge in [-0.05, 0) is 30.9 Å². The van der Waals surface area contributed by atoms with Crippen molar-refractivity contribution >= 4 is 5.91 Å². The van der Waals surface area contributed by atoms with Gasteiger partial charge < -0.3 is 19.9 Å². The van der Waals surface area contributed by atoms with Crippen LogP contribution in [-0.2, 0) is 11.3 Å². The summed E-state index contributed by atoms with van der Waals surface area (Å²) in [6, 6.07) is 4.75. The van der Waals surface area contributed by atoms with Gasteiger partial charge in [0, 0.05) is 24.8 Å². The molecule has 1 atom stereocenters. The van der Waals surface area contributed by atoms with E-state index in [2.05, 4.69) is 15.6 Å². The third kappa shape index (κ3) is 2.99. The monoisotopic (exact) mass is 330 g/mol. The highest BCUT2D eigenvalue weighted by Crippen LogP contribution is 2.35. The van der Waals surface area contributed by atoms with E-state index in [9.17, 15) is 9.90 Å². The number of fused-ring (bicyclic) bond motifs is 1. The summed E-state index contributed by atoms with van der Waals surface area (Å²) in [6.07, 6.45) is 4.63. The summed E-state index contributed by atoms with van der Waals surface area (Å²) < 4.78 is 13.0. The Hall–Kier alpha value is -2.77. The first-order valence-electron chi connectivity index (χ1n) is 7.94. The maximum atomic E-state index is 12.3. The summed E-state index contributed by atoms with van der Waals surface area (Å²) in [5.74, 6) is 1.31. The molecule has 1 unspecified atom stereocenters. The minimum Gasteiger partial charge on any atom is -0.508 e. The second kappa shape index (κ2) is 6.03. The van der Waals surface area contributed by atoms with E-state index < -0.39 is 6.10 Å². The van der Waals surface area contributed by atoms with Crippen molar-refractivity contribution in [2.24, 2.45) is 5.92 Å². The normalized spacial score (nSPS) is 24.9. The van der Waals surface area contributed by atoms with Gasteiger partial charge in [0.1, 0.15) is 12.4 Å². The standard InChI is InChI=1S/C16H18N4O4/c21-12-1-2-13-14(7-12)24-15(9-23-13)16(22)18-11-5-10(6-11)8-20-4-3-17-19-20/h1-4,7,10-11,15,21H,5-6,8-9H2,(H,18,22). The first-order valence-corrected chi connectivity index (χ1v) is 7.94. The molecule has 1 aromatic carbocycles. The molecular weight excluding hydrogens is 312 g/mol. The summed E-state index contributed by atoms with van der Waals surface area (Å²) in [5, 5.41) is 20.2. The second-order valence-electron chi connectivity index (χ2n) is 6.22. The minimum atomic E-state index is -0.700. The number of aromatic hydroxyl groups is 1. The van der Waals surface area contributed by atoms with Crippen molar-refractivity contribution in [1.29, 1.82) is 0 Å². The van der Waals surface area contributed by atoms with Crippen LogP contribution in [-0.4, -0.2) is 44.8 Å². The molecular formula is C16H18N4O4. The number of benzene rings is 1. The molecule has 1 fully saturated rings. The van der Waals surface area contributed by atoms with Crippen molar-refractivity contribution in [1.82, 2.24) is 20.3 Å². The molecule has 1 aliphatic carbocycles. The Labute approximate surface area is 138 Å². The number of aromatic nitrogens is 3. The number of nitrogens with one attached hydrogen (secondary N) is 1. The largest absolute Gasteiger partial charge is 0.508 e. The number of phenolic OH excluding ortho intramolecular Hbond substituents is 1. The summed E-state index contributed by atoms with van der Waals surface area (Å²) in [4.78, 5) is 12.3. The van der Waals surface area contributed by atoms with Crippen LogP contribution in [0.15, 0.2) is 30.6 Å². The van der Waals surface area contributed by atoms with Gasteiger partial charge >= 0.3 is 0 Å². The predicted octanol–water partition coefficient (Wildman–Crippen LogP) is 0.718. The number of ether oxygens (including phenoxy) is 2. The molecule has 24 heavy (non-hydrogen) atoms. The third-order valence-corrected chi connectivity index (χ3v) is 4.38. The number of amides is 1. The zero-order chi connectivity index (χ0) is 16.5. The third-order valence-electron chi connectivity index (χ3n) is 4.38. The van der Waals surface area contributed by atoms with Crippen LogP contribution < -0.4 is 14.8 Å². The number of carbonyl (C=O) groups excluding carboxylic acids is 1. The highest BCUT2D eigenvalue weighted by atomic mass is 16.6. The lowest BCUT2D eigenvalue weighted by atomic mass is 9.80. The minimum absolute atomic E-state index is 0.0772. The van der Waals surface area contributed by atoms with E-state index in [0.29, 0.717) is 17.4 Å². The van der Waals surface area contributed by atoms with Crippen LogP contribution in [0.5, 0.6) is 17.2 Å². The molecule has 1 amide bonds. The van der Waals surface area contributed by atoms with E-state index in [1.807, 2.05) is 10.9 Å². The molecule has 4 rings (SSSR count). The van der Waals surface area contributed by atoms with Crippen LogP contribution in [0.1, 0.15) is 12.8 Å². The van der Waals surface area contributed by atoms with Gasteiger partial charge in [-0.3, -0.25) is 9.48 Å². The summed E-state index contributed by atoms with van der Waals surface area (Å²) in [6.45, 7) is 0.987. The molecule has 2 heterocycles. The number of phenols is 1. The van der Waals surface area contributed by atoms with Gasteiger partial charge in [-0.2, -0.15) is 0 Å². The van der Waals surface area contributed by atoms with Crippen molar-refractivity contribution in [3.05, 3.63) is 30.6 Å². The van der Waals surface area contributed by atoms with Crippen molar-refractivity contribution in [3.63, 3.8) is 0 Å². The first kappa shape index (κ1) is 14.8. The SMILES string of the molecule is O=C(NC1CC(Cn2ccnn2)C1)C1COc2ccc(O)cc2O1. The zero-order valence-electron chi connectivity index (χ0n) is 13.0. The van der Waals surface area contributed by atoms with Crippen LogP contribution in [0.4, 0.5) is 0 Å². The van der Waals surface area contributed by atoms with Gasteiger partial charge in [0.15, 0.2) is 11.5 Å². The Morgan fingerprint density at radius 2 is 2.25 bits per heavy atom. The fourth-order valence-corrected chi connectivity index (χ4v) is 3.08. The highest BCUT2D eigenvalue weighted by molar-refractivity contribution is 5.82. The van der Waals surface area contributed by atoms with Crippen molar-refractivity contribution in [2.45, 2.75) is 31.5 Å². The molecule has 126 valence electrons. The molecule has 2 N–H and O–H groups in total. The molecule has 1 aliphatic heterocycles. The van der Waals surface area contributed by atoms with Crippen LogP contribution >= 0.6 is 0 Å². The molecule has 1 aromatic heterocycles. The van der Waals surface area contributed by atoms with Gasteiger partial charge in [0.05, 0.1) is 6.20 Å². The summed E-state index contributed by atoms with van der Waals surface area (Å²) >= 11 is 0. The Morgan fingerprint density at radius 3 is 3.04 bits per heavy atom. The Balaban J connectivity index is 1.27. The van der Waals surface area contributed by atoms with E-state index in [1.165, 1.54) is 12.1 Å². The fourth-order valence-electron chi connectivity index (χ4n) is 3.08. The fraction of sp³-hybridized carbons (Fsp3) is 0.438. The van der Waals surface area contributed by atoms with E-state index in [-0.39, 0.29) is 24.3 Å². The van der Waals surface area contributed by atoms with Crippen LogP contribution in [0.25, 0.3) is 0 Å². The van der Waals surface area contributed by atoms with E-state index in [0.717, 1.165) is 19.4 Å². The smallest absolute Gasteiger partial charge is 0.264 e. The van der Waals surface area contributed by atoms with Gasteiger partial charge in [-0.15, -0.1) is 5.10 Å². The van der Waals surface area contributed by atoms with Crippen molar-refractivity contribution in [2.75, 3.05) is 6.61 Å². The molecule has 2 aromatic rings. The quantitative estimate of drug-likeness (QED) is 0.857. The predicted molar refractivity (Wildman–Crippen MR) is 82.7 cm³/mol. The van der Waals surface area contributed by atoms with E-state index in [1.54, 1.807) is 12.3 Å². The van der Waals surface area contributed by atoms with Gasteiger partial charge in [0.2, 0.25) is 6.10 Å². The van der Waals surface area contributed by atoms with Gasteiger partial charge in [-0.25, -0.2) is 0 Å². The molecule has 0 radical (unpaired) electrons. The molecule has 2 aliphatic rings. The van der Waals surface area contributed by atoms with Gasteiger partial charge in [0.25, 0.3) is 5.91 Å². The first-order chi connectivity index (χ1) is 11.7. The van der Waals surface area contributed by atoms with Gasteiger partial charge in [-0.1, -0.05) is 5.21 Å². The molecule has 1 saturated carbocycles. The number of nitrogens with zero attached hydrogens (tertiary/aromatic N) is 3.